The van der Waals surface area contributed by atoms with Crippen molar-refractivity contribution in [2.24, 2.45) is 0 Å². The van der Waals surface area contributed by atoms with E-state index in [0.717, 1.165) is 6.07 Å². The van der Waals surface area contributed by atoms with Gasteiger partial charge >= 0.3 is 11.9 Å². The minimum atomic E-state index is -1.48. The fraction of sp³-hybridized carbons (Fsp3) is 0.308. The molecule has 0 aromatic heterocycles. The maximum absolute atomic E-state index is 13.4. The highest BCUT2D eigenvalue weighted by atomic mass is 19.1. The summed E-state index contributed by atoms with van der Waals surface area (Å²) in [5, 5.41) is 11.1. The van der Waals surface area contributed by atoms with Gasteiger partial charge in [0.2, 0.25) is 5.91 Å². The van der Waals surface area contributed by atoms with E-state index in [-0.39, 0.29) is 25.1 Å². The largest absolute Gasteiger partial charge is 0.478 e. The van der Waals surface area contributed by atoms with E-state index in [1.165, 1.54) is 12.1 Å². The lowest BCUT2D eigenvalue weighted by Gasteiger charge is -2.08. The summed E-state index contributed by atoms with van der Waals surface area (Å²) in [7, 11) is 0. The molecule has 2 N–H and O–H groups in total. The summed E-state index contributed by atoms with van der Waals surface area (Å²) in [4.78, 5) is 33.6. The molecule has 20 heavy (non-hydrogen) atoms. The van der Waals surface area contributed by atoms with Crippen molar-refractivity contribution in [3.05, 3.63) is 29.6 Å². The Hall–Kier alpha value is -2.44. The molecule has 0 aliphatic rings. The van der Waals surface area contributed by atoms with Gasteiger partial charge in [0.15, 0.2) is 0 Å². The molecule has 0 fully saturated rings. The van der Waals surface area contributed by atoms with Crippen LogP contribution in [-0.4, -0.2) is 29.6 Å². The minimum absolute atomic E-state index is 0.128. The van der Waals surface area contributed by atoms with Crippen molar-refractivity contribution in [2.75, 3.05) is 11.9 Å². The zero-order chi connectivity index (χ0) is 15.1. The summed E-state index contributed by atoms with van der Waals surface area (Å²) < 4.78 is 18.0. The average molecular weight is 283 g/mol. The number of esters is 1. The second kappa shape index (κ2) is 7.22. The molecule has 7 heteroatoms. The highest BCUT2D eigenvalue weighted by Crippen LogP contribution is 2.19. The third kappa shape index (κ3) is 4.34. The van der Waals surface area contributed by atoms with Crippen LogP contribution in [0, 0.1) is 5.82 Å². The van der Waals surface area contributed by atoms with Crippen LogP contribution in [0.25, 0.3) is 0 Å². The Morgan fingerprint density at radius 3 is 2.60 bits per heavy atom. The Morgan fingerprint density at radius 2 is 2.00 bits per heavy atom. The Balaban J connectivity index is 2.69. The number of carboxylic acid groups (broad SMARTS) is 1. The Bertz CT molecular complexity index is 529. The van der Waals surface area contributed by atoms with E-state index in [9.17, 15) is 18.8 Å². The van der Waals surface area contributed by atoms with E-state index >= 15 is 0 Å². The molecule has 0 aliphatic heterocycles. The van der Waals surface area contributed by atoms with E-state index in [0.29, 0.717) is 0 Å². The Morgan fingerprint density at radius 1 is 1.30 bits per heavy atom. The SMILES string of the molecule is CCOC(=O)CCC(=O)Nc1cccc(F)c1C(=O)O. The second-order valence-electron chi connectivity index (χ2n) is 3.82. The van der Waals surface area contributed by atoms with E-state index in [1.807, 2.05) is 0 Å². The van der Waals surface area contributed by atoms with Crippen LogP contribution in [0.1, 0.15) is 30.1 Å². The standard InChI is InChI=1S/C13H14FNO5/c1-2-20-11(17)7-6-10(16)15-9-5-3-4-8(14)12(9)13(18)19/h3-5H,2,6-7H2,1H3,(H,15,16)(H,18,19). The van der Waals surface area contributed by atoms with Crippen LogP contribution in [0.2, 0.25) is 0 Å². The number of carboxylic acids is 1. The molecular weight excluding hydrogens is 269 g/mol. The van der Waals surface area contributed by atoms with Gasteiger partial charge in [-0.1, -0.05) is 6.07 Å². The topological polar surface area (TPSA) is 92.7 Å². The number of rotatable bonds is 6. The monoisotopic (exact) mass is 283 g/mol. The molecule has 0 bridgehead atoms. The number of ether oxygens (including phenoxy) is 1. The number of halogens is 1. The van der Waals surface area contributed by atoms with Crippen LogP contribution in [0.5, 0.6) is 0 Å². The van der Waals surface area contributed by atoms with Gasteiger partial charge in [-0.25, -0.2) is 9.18 Å². The molecule has 0 saturated carbocycles. The van der Waals surface area contributed by atoms with Gasteiger partial charge in [0.1, 0.15) is 11.4 Å². The summed E-state index contributed by atoms with van der Waals surface area (Å²) >= 11 is 0. The molecule has 6 nitrogen and oxygen atoms in total. The second-order valence-corrected chi connectivity index (χ2v) is 3.82. The quantitative estimate of drug-likeness (QED) is 0.777. The summed E-state index contributed by atoms with van der Waals surface area (Å²) in [6.45, 7) is 1.86. The van der Waals surface area contributed by atoms with Crippen molar-refractivity contribution in [1.82, 2.24) is 0 Å². The van der Waals surface area contributed by atoms with Gasteiger partial charge in [0.25, 0.3) is 0 Å². The summed E-state index contributed by atoms with van der Waals surface area (Å²) in [6.07, 6.45) is -0.300. The highest BCUT2D eigenvalue weighted by Gasteiger charge is 2.17. The molecule has 0 spiro atoms. The molecule has 1 rings (SSSR count). The molecule has 1 aromatic rings. The van der Waals surface area contributed by atoms with Crippen LogP contribution in [0.4, 0.5) is 10.1 Å². The molecule has 0 heterocycles. The lowest BCUT2D eigenvalue weighted by molar-refractivity contribution is -0.144. The predicted molar refractivity (Wildman–Crippen MR) is 67.9 cm³/mol. The molecule has 108 valence electrons. The number of anilines is 1. The summed E-state index contributed by atoms with van der Waals surface area (Å²) in [5.74, 6) is -3.55. The number of nitrogens with one attached hydrogen (secondary N) is 1. The van der Waals surface area contributed by atoms with Gasteiger partial charge < -0.3 is 15.2 Å². The van der Waals surface area contributed by atoms with Crippen molar-refractivity contribution in [2.45, 2.75) is 19.8 Å². The molecule has 0 atom stereocenters. The highest BCUT2D eigenvalue weighted by molar-refractivity contribution is 6.01. The molecule has 1 aromatic carbocycles. The minimum Gasteiger partial charge on any atom is -0.478 e. The first kappa shape index (κ1) is 15.6. The Labute approximate surface area is 114 Å². The van der Waals surface area contributed by atoms with Crippen molar-refractivity contribution in [3.8, 4) is 0 Å². The number of carbonyl (C=O) groups excluding carboxylic acids is 2. The molecule has 0 unspecified atom stereocenters. The van der Waals surface area contributed by atoms with Crippen LogP contribution < -0.4 is 5.32 Å². The zero-order valence-electron chi connectivity index (χ0n) is 10.8. The number of amides is 1. The molecule has 1 amide bonds. The Kier molecular flexibility index (Phi) is 5.64. The normalized spacial score (nSPS) is 9.90. The lowest BCUT2D eigenvalue weighted by Crippen LogP contribution is -2.17. The van der Waals surface area contributed by atoms with Crippen LogP contribution in [-0.2, 0) is 14.3 Å². The van der Waals surface area contributed by atoms with Crippen molar-refractivity contribution in [1.29, 1.82) is 0 Å². The number of benzene rings is 1. The van der Waals surface area contributed by atoms with E-state index in [4.69, 9.17) is 5.11 Å². The van der Waals surface area contributed by atoms with Crippen molar-refractivity contribution < 1.29 is 28.6 Å². The van der Waals surface area contributed by atoms with Crippen LogP contribution in [0.3, 0.4) is 0 Å². The van der Waals surface area contributed by atoms with E-state index in [2.05, 4.69) is 10.1 Å². The van der Waals surface area contributed by atoms with Gasteiger partial charge in [-0.3, -0.25) is 9.59 Å². The molecule has 0 saturated heterocycles. The lowest BCUT2D eigenvalue weighted by atomic mass is 10.1. The number of hydrogen-bond acceptors (Lipinski definition) is 4. The first-order valence-electron chi connectivity index (χ1n) is 5.93. The molecule has 0 aliphatic carbocycles. The fourth-order valence-electron chi connectivity index (χ4n) is 1.51. The van der Waals surface area contributed by atoms with Gasteiger partial charge in [0.05, 0.1) is 18.7 Å². The first-order chi connectivity index (χ1) is 9.45. The molecule has 0 radical (unpaired) electrons. The predicted octanol–water partition coefficient (Wildman–Crippen LogP) is 1.81. The third-order valence-corrected chi connectivity index (χ3v) is 2.36. The average Bonchev–Trinajstić information content (AvgIpc) is 2.36. The van der Waals surface area contributed by atoms with E-state index < -0.39 is 29.2 Å². The van der Waals surface area contributed by atoms with Gasteiger partial charge in [-0.15, -0.1) is 0 Å². The zero-order valence-corrected chi connectivity index (χ0v) is 10.8. The van der Waals surface area contributed by atoms with Gasteiger partial charge in [-0.05, 0) is 19.1 Å². The van der Waals surface area contributed by atoms with Crippen molar-refractivity contribution >= 4 is 23.5 Å². The third-order valence-electron chi connectivity index (χ3n) is 2.36. The molecular formula is C13H14FNO5. The van der Waals surface area contributed by atoms with Crippen LogP contribution >= 0.6 is 0 Å². The summed E-state index contributed by atoms with van der Waals surface area (Å²) in [6, 6.07) is 3.54. The summed E-state index contributed by atoms with van der Waals surface area (Å²) in [5.41, 5.74) is -0.761. The van der Waals surface area contributed by atoms with Gasteiger partial charge in [-0.2, -0.15) is 0 Å². The maximum Gasteiger partial charge on any atom is 0.340 e. The van der Waals surface area contributed by atoms with E-state index in [1.54, 1.807) is 6.92 Å². The van der Waals surface area contributed by atoms with Crippen LogP contribution in [0.15, 0.2) is 18.2 Å². The maximum atomic E-state index is 13.4. The number of aromatic carboxylic acids is 1. The van der Waals surface area contributed by atoms with Gasteiger partial charge in [0, 0.05) is 6.42 Å². The fourth-order valence-corrected chi connectivity index (χ4v) is 1.51. The smallest absolute Gasteiger partial charge is 0.340 e. The van der Waals surface area contributed by atoms with Crippen molar-refractivity contribution in [3.63, 3.8) is 0 Å². The number of hydrogen-bond donors (Lipinski definition) is 2. The first-order valence-corrected chi connectivity index (χ1v) is 5.93. The number of carbonyl (C=O) groups is 3.